The van der Waals surface area contributed by atoms with E-state index in [2.05, 4.69) is 31.6 Å². The van der Waals surface area contributed by atoms with E-state index < -0.39 is 255 Å². The number of ether oxygens (including phenoxy) is 11. The van der Waals surface area contributed by atoms with Crippen LogP contribution in [0.2, 0.25) is 10.0 Å². The zero-order valence-electron chi connectivity index (χ0n) is 58.7. The Balaban J connectivity index is 1.02. The summed E-state index contributed by atoms with van der Waals surface area (Å²) in [6.07, 6.45) is -35.4. The monoisotopic (exact) mass is 1600 g/mol. The Morgan fingerprint density at radius 3 is 1.87 bits per heavy atom. The number of aromatic amines is 2. The van der Waals surface area contributed by atoms with E-state index in [-0.39, 0.29) is 64.5 Å². The van der Waals surface area contributed by atoms with Crippen LogP contribution >= 0.6 is 23.2 Å². The number of benzene rings is 3. The van der Waals surface area contributed by atoms with E-state index >= 15 is 0 Å². The number of carboxylic acid groups (broad SMARTS) is 3. The van der Waals surface area contributed by atoms with E-state index in [0.29, 0.717) is 6.07 Å². The summed E-state index contributed by atoms with van der Waals surface area (Å²) in [6, 6.07) is 7.60. The molecule has 3 saturated heterocycles. The summed E-state index contributed by atoms with van der Waals surface area (Å²) in [5.41, 5.74) is -3.83. The molecule has 19 N–H and O–H groups in total. The average molecular weight is 1600 g/mol. The molecule has 4 fully saturated rings. The highest BCUT2D eigenvalue weighted by Gasteiger charge is 2.61. The summed E-state index contributed by atoms with van der Waals surface area (Å²) in [7, 11) is 2.36. The first-order chi connectivity index (χ1) is 52.1. The van der Waals surface area contributed by atoms with Crippen molar-refractivity contribution in [3.63, 3.8) is 0 Å². The third-order valence-electron chi connectivity index (χ3n) is 18.0. The van der Waals surface area contributed by atoms with E-state index in [1.165, 1.54) is 63.6 Å². The lowest BCUT2D eigenvalue weighted by atomic mass is 9.80. The first-order valence-corrected chi connectivity index (χ1v) is 34.5. The van der Waals surface area contributed by atoms with Crippen LogP contribution in [0.5, 0.6) is 11.5 Å². The maximum absolute atomic E-state index is 14.6. The van der Waals surface area contributed by atoms with Crippen molar-refractivity contribution in [2.75, 3.05) is 67.0 Å². The fourth-order valence-electron chi connectivity index (χ4n) is 12.7. The SMILES string of the molecule is COc1c(Cl)cc(C(NC(=O)COCCOCC(=O)NCCNC(=O)C2CC(NC(=O)c3cc(=O)[nH]c(=O)[nH]3)C(OC3OC(C)C(O)C(O)C3O)C(OC3OC(CO)C(O)C(OC4(C(=O)O)CC(O)C(NC(C)=O)C([C@H](O)[C@H](O)CO)O4)C3OC(=O)c3ccccc3)C2)c2cc(Cl)c(OC)c(C(=O)O)c2)cc1C(=O)O. The van der Waals surface area contributed by atoms with Gasteiger partial charge in [-0.15, -0.1) is 0 Å². The first-order valence-electron chi connectivity index (χ1n) is 33.7. The van der Waals surface area contributed by atoms with Crippen LogP contribution in [0, 0.1) is 5.92 Å². The maximum atomic E-state index is 14.6. The van der Waals surface area contributed by atoms with Crippen molar-refractivity contribution in [3.8, 4) is 11.5 Å². The van der Waals surface area contributed by atoms with Gasteiger partial charge in [-0.25, -0.2) is 24.0 Å². The number of amides is 5. The number of hydrogen-bond donors (Lipinski definition) is 19. The molecule has 3 aromatic carbocycles. The van der Waals surface area contributed by atoms with Gasteiger partial charge in [0.1, 0.15) is 91.1 Å². The van der Waals surface area contributed by atoms with Crippen LogP contribution in [0.4, 0.5) is 0 Å². The number of nitrogens with one attached hydrogen (secondary N) is 7. The molecule has 4 aromatic rings. The van der Waals surface area contributed by atoms with Gasteiger partial charge in [0.15, 0.2) is 30.2 Å². The number of aromatic nitrogens is 2. The van der Waals surface area contributed by atoms with Gasteiger partial charge in [-0.1, -0.05) is 41.4 Å². The Labute approximate surface area is 631 Å². The Hall–Kier alpha value is -8.93. The van der Waals surface area contributed by atoms with Crippen molar-refractivity contribution < 1.29 is 157 Å². The van der Waals surface area contributed by atoms with Gasteiger partial charge in [0.2, 0.25) is 23.6 Å². The van der Waals surface area contributed by atoms with Crippen molar-refractivity contribution in [2.24, 2.45) is 5.92 Å². The normalized spacial score (nSPS) is 27.9. The van der Waals surface area contributed by atoms with Gasteiger partial charge in [0.05, 0.1) is 92.7 Å². The number of hydrogen-bond acceptors (Lipinski definition) is 31. The van der Waals surface area contributed by atoms with Crippen LogP contribution in [-0.4, -0.2) is 308 Å². The van der Waals surface area contributed by atoms with Gasteiger partial charge in [-0.3, -0.25) is 33.8 Å². The van der Waals surface area contributed by atoms with Crippen molar-refractivity contribution in [3.05, 3.63) is 125 Å². The molecule has 604 valence electrons. The summed E-state index contributed by atoms with van der Waals surface area (Å²) in [5.74, 6) is -16.1. The number of aliphatic hydroxyl groups excluding tert-OH is 9. The van der Waals surface area contributed by atoms with Crippen LogP contribution in [-0.2, 0) is 66.6 Å². The lowest BCUT2D eigenvalue weighted by Gasteiger charge is -2.51. The number of aliphatic hydroxyl groups is 9. The smallest absolute Gasteiger partial charge is 0.364 e. The number of rotatable bonds is 34. The molecule has 20 atom stereocenters. The number of carboxylic acids is 3. The minimum absolute atomic E-state index is 0.0529. The van der Waals surface area contributed by atoms with Gasteiger partial charge in [-0.05, 0) is 67.3 Å². The molecular formula is C67H83Cl2N7O34. The predicted octanol–water partition coefficient (Wildman–Crippen LogP) is -5.10. The number of carbonyl (C=O) groups is 9. The minimum Gasteiger partial charge on any atom is -0.494 e. The third kappa shape index (κ3) is 21.2. The number of aromatic carboxylic acids is 2. The number of aliphatic carboxylic acids is 1. The number of H-pyrrole nitrogens is 2. The van der Waals surface area contributed by atoms with Gasteiger partial charge in [0.25, 0.3) is 17.3 Å². The van der Waals surface area contributed by atoms with Gasteiger partial charge >= 0.3 is 29.6 Å². The van der Waals surface area contributed by atoms with Crippen LogP contribution in [0.15, 0.2) is 70.3 Å². The zero-order chi connectivity index (χ0) is 80.7. The lowest BCUT2D eigenvalue weighted by Crippen LogP contribution is -2.71. The van der Waals surface area contributed by atoms with Crippen LogP contribution in [0.1, 0.15) is 91.8 Å². The number of esters is 1. The molecular weight excluding hydrogens is 1520 g/mol. The Kier molecular flexibility index (Phi) is 30.6. The van der Waals surface area contributed by atoms with Crippen molar-refractivity contribution in [2.45, 2.75) is 155 Å². The number of methoxy groups -OCH3 is 2. The molecule has 1 aromatic heterocycles. The molecule has 4 aliphatic rings. The lowest BCUT2D eigenvalue weighted by molar-refractivity contribution is -0.378. The second kappa shape index (κ2) is 38.8. The van der Waals surface area contributed by atoms with Crippen molar-refractivity contribution in [1.29, 1.82) is 0 Å². The number of halogens is 2. The van der Waals surface area contributed by atoms with Gasteiger partial charge < -0.3 is 145 Å². The predicted molar refractivity (Wildman–Crippen MR) is 366 cm³/mol. The van der Waals surface area contributed by atoms with E-state index in [1.807, 2.05) is 4.98 Å². The zero-order valence-corrected chi connectivity index (χ0v) is 60.2. The van der Waals surface area contributed by atoms with Crippen LogP contribution in [0.3, 0.4) is 0 Å². The average Bonchev–Trinajstić information content (AvgIpc) is 0.746. The standard InChI is InChI=1S/C67H83Cl2N7O34/c1-26-47(85)50(88)51(89)63(104-26)108-54-36(73-59(91)37-20-42(82)76-66(99)74-37)18-31(58(90)71-11-10-70-43(83)24-102-12-13-103-25-44(84)75-45(29-14-32(60(92)93)52(100-3)34(68)16-29)30-15-33(61(94)95)53(101-4)35(69)17-30)19-40(54)105-64-57(107-62(96)28-8-6-5-7-9-28)56(49(87)41(23-78)106-64)110-67(65(97)98)21-38(80)46(72-27(2)79)55(109-67)48(86)39(81)22-77/h5-9,14-17,20,26,31,36,38-41,45-51,54-57,63-64,77-78,80-81,85-89H,10-13,18-19,21-25H2,1-4H3,(H,70,83)(H,71,90)(H,72,79)(H,73,91)(H,75,84)(H,92,93)(H,94,95)(H,97,98)(H2,74,76,82,99)/t26?,31?,36?,38?,39-,40?,41?,46?,47?,48-,49?,50?,51?,54?,55?,56?,57?,63?,64?,67?/m1/s1. The van der Waals surface area contributed by atoms with E-state index in [0.717, 1.165) is 19.1 Å². The summed E-state index contributed by atoms with van der Waals surface area (Å²) in [6.45, 7) is -2.72. The summed E-state index contributed by atoms with van der Waals surface area (Å²) >= 11 is 12.8. The molecule has 5 amide bonds. The molecule has 110 heavy (non-hydrogen) atoms. The summed E-state index contributed by atoms with van der Waals surface area (Å²) in [4.78, 5) is 149. The second-order valence-corrected chi connectivity index (χ2v) is 26.5. The highest BCUT2D eigenvalue weighted by atomic mass is 35.5. The quantitative estimate of drug-likeness (QED) is 0.0154. The number of carbonyl (C=O) groups excluding carboxylic acids is 6. The fraction of sp³-hybridized carbons (Fsp3) is 0.537. The third-order valence-corrected chi connectivity index (χ3v) is 18.6. The molecule has 1 saturated carbocycles. The summed E-state index contributed by atoms with van der Waals surface area (Å²) < 4.78 is 64.0. The van der Waals surface area contributed by atoms with E-state index in [4.69, 9.17) is 75.3 Å². The van der Waals surface area contributed by atoms with Crippen molar-refractivity contribution in [1.82, 2.24) is 36.6 Å². The molecule has 41 nitrogen and oxygen atoms in total. The first kappa shape index (κ1) is 86.7. The van der Waals surface area contributed by atoms with E-state index in [1.54, 1.807) is 0 Å². The largest absolute Gasteiger partial charge is 0.494 e. The molecule has 8 rings (SSSR count). The van der Waals surface area contributed by atoms with Crippen molar-refractivity contribution >= 4 is 76.6 Å². The van der Waals surface area contributed by atoms with Crippen LogP contribution in [0.25, 0.3) is 0 Å². The Morgan fingerprint density at radius 1 is 0.700 bits per heavy atom. The minimum atomic E-state index is -3.34. The molecule has 18 unspecified atom stereocenters. The molecule has 4 heterocycles. The molecule has 1 aliphatic carbocycles. The highest BCUT2D eigenvalue weighted by Crippen LogP contribution is 2.42. The Morgan fingerprint density at radius 2 is 1.31 bits per heavy atom. The molecule has 0 radical (unpaired) electrons. The van der Waals surface area contributed by atoms with Gasteiger partial charge in [-0.2, -0.15) is 0 Å². The fourth-order valence-corrected chi connectivity index (χ4v) is 13.3. The van der Waals surface area contributed by atoms with E-state index in [9.17, 15) is 114 Å². The molecule has 0 spiro atoms. The van der Waals surface area contributed by atoms with Gasteiger partial charge in [0, 0.05) is 38.4 Å². The topological polar surface area (TPSA) is 624 Å². The Bertz CT molecular complexity index is 3970. The van der Waals surface area contributed by atoms with Crippen LogP contribution < -0.4 is 47.3 Å². The highest BCUT2D eigenvalue weighted by molar-refractivity contribution is 6.33. The molecule has 3 aliphatic heterocycles. The summed E-state index contributed by atoms with van der Waals surface area (Å²) in [5, 5.41) is 143. The maximum Gasteiger partial charge on any atom is 0.364 e. The molecule has 0 bridgehead atoms. The second-order valence-electron chi connectivity index (χ2n) is 25.6. The molecule has 43 heteroatoms.